The van der Waals surface area contributed by atoms with E-state index in [-0.39, 0.29) is 12.1 Å². The Morgan fingerprint density at radius 1 is 1.35 bits per heavy atom. The van der Waals surface area contributed by atoms with Crippen LogP contribution in [0.15, 0.2) is 39.5 Å². The molecule has 2 N–H and O–H groups in total. The molecule has 0 bridgehead atoms. The van der Waals surface area contributed by atoms with Gasteiger partial charge in [0.15, 0.2) is 0 Å². The van der Waals surface area contributed by atoms with Crippen LogP contribution in [0, 0.1) is 0 Å². The molecule has 106 valence electrons. The lowest BCUT2D eigenvalue weighted by molar-refractivity contribution is 0.173. The molecule has 0 spiro atoms. The molecule has 1 atom stereocenters. The summed E-state index contributed by atoms with van der Waals surface area (Å²) in [5.74, 6) is 0. The number of hydrogen-bond donors (Lipinski definition) is 2. The van der Waals surface area contributed by atoms with Crippen molar-refractivity contribution in [3.8, 4) is 0 Å². The summed E-state index contributed by atoms with van der Waals surface area (Å²) in [6.07, 6.45) is 0. The fraction of sp³-hybridized carbons (Fsp3) is 0.286. The van der Waals surface area contributed by atoms with Gasteiger partial charge in [0.1, 0.15) is 5.58 Å². The van der Waals surface area contributed by atoms with E-state index >= 15 is 0 Å². The molecule has 2 rings (SSSR count). The minimum absolute atomic E-state index is 0.0847. The van der Waals surface area contributed by atoms with Crippen molar-refractivity contribution in [2.75, 3.05) is 19.0 Å². The highest BCUT2D eigenvalue weighted by atomic mass is 16.5. The quantitative estimate of drug-likeness (QED) is 0.836. The van der Waals surface area contributed by atoms with E-state index in [9.17, 15) is 9.59 Å². The summed E-state index contributed by atoms with van der Waals surface area (Å²) in [5.41, 5.74) is 0.703. The molecule has 0 unspecified atom stereocenters. The van der Waals surface area contributed by atoms with Crippen molar-refractivity contribution >= 4 is 22.7 Å². The number of benzene rings is 1. The van der Waals surface area contributed by atoms with Gasteiger partial charge in [-0.05, 0) is 31.2 Å². The Kier molecular flexibility index (Phi) is 4.37. The van der Waals surface area contributed by atoms with E-state index in [1.54, 1.807) is 31.4 Å². The van der Waals surface area contributed by atoms with Crippen LogP contribution in [0.4, 0.5) is 10.5 Å². The van der Waals surface area contributed by atoms with E-state index in [1.165, 1.54) is 6.07 Å². The molecule has 0 radical (unpaired) electrons. The maximum atomic E-state index is 11.7. The van der Waals surface area contributed by atoms with E-state index in [2.05, 4.69) is 10.6 Å². The molecule has 2 aromatic rings. The Morgan fingerprint density at radius 3 is 2.90 bits per heavy atom. The number of methoxy groups -OCH3 is 1. The molecule has 1 aromatic carbocycles. The second kappa shape index (κ2) is 6.21. The van der Waals surface area contributed by atoms with E-state index in [0.717, 1.165) is 5.39 Å². The maximum Gasteiger partial charge on any atom is 0.336 e. The number of amides is 2. The van der Waals surface area contributed by atoms with E-state index in [1.807, 2.05) is 6.92 Å². The summed E-state index contributed by atoms with van der Waals surface area (Å²) in [4.78, 5) is 22.8. The molecule has 0 saturated carbocycles. The highest BCUT2D eigenvalue weighted by Gasteiger charge is 2.07. The third kappa shape index (κ3) is 3.58. The molecule has 0 fully saturated rings. The number of urea groups is 1. The van der Waals surface area contributed by atoms with Gasteiger partial charge in [-0.15, -0.1) is 0 Å². The highest BCUT2D eigenvalue weighted by Crippen LogP contribution is 2.17. The summed E-state index contributed by atoms with van der Waals surface area (Å²) in [7, 11) is 1.58. The lowest BCUT2D eigenvalue weighted by atomic mass is 10.2. The second-order valence-corrected chi connectivity index (χ2v) is 4.46. The number of carbonyl (C=O) groups excluding carboxylic acids is 1. The van der Waals surface area contributed by atoms with Crippen molar-refractivity contribution < 1.29 is 13.9 Å². The number of fused-ring (bicyclic) bond motifs is 1. The first kappa shape index (κ1) is 14.1. The average molecular weight is 276 g/mol. The van der Waals surface area contributed by atoms with Gasteiger partial charge in [-0.3, -0.25) is 0 Å². The van der Waals surface area contributed by atoms with Gasteiger partial charge in [0.05, 0.1) is 12.6 Å². The van der Waals surface area contributed by atoms with Crippen molar-refractivity contribution in [3.63, 3.8) is 0 Å². The standard InChI is InChI=1S/C14H16N2O4/c1-9(8-19-2)15-14(18)16-11-4-5-12-10(7-11)3-6-13(17)20-12/h3-7,9H,8H2,1-2H3,(H2,15,16,18)/t9-/m1/s1. The van der Waals surface area contributed by atoms with Gasteiger partial charge < -0.3 is 19.8 Å². The normalized spacial score (nSPS) is 12.1. The zero-order valence-electron chi connectivity index (χ0n) is 11.3. The zero-order valence-corrected chi connectivity index (χ0v) is 11.3. The minimum Gasteiger partial charge on any atom is -0.423 e. The van der Waals surface area contributed by atoms with Crippen LogP contribution in [0.25, 0.3) is 11.0 Å². The molecule has 20 heavy (non-hydrogen) atoms. The first-order chi connectivity index (χ1) is 9.58. The molecule has 0 aliphatic carbocycles. The van der Waals surface area contributed by atoms with Gasteiger partial charge in [-0.1, -0.05) is 0 Å². The zero-order chi connectivity index (χ0) is 14.5. The van der Waals surface area contributed by atoms with Crippen LogP contribution in [0.2, 0.25) is 0 Å². The Hall–Kier alpha value is -2.34. The largest absolute Gasteiger partial charge is 0.423 e. The molecule has 0 aliphatic rings. The lowest BCUT2D eigenvalue weighted by Crippen LogP contribution is -2.38. The van der Waals surface area contributed by atoms with E-state index < -0.39 is 5.63 Å². The third-order valence-electron chi connectivity index (χ3n) is 2.67. The Balaban J connectivity index is 2.08. The van der Waals surface area contributed by atoms with Gasteiger partial charge in [0.25, 0.3) is 0 Å². The van der Waals surface area contributed by atoms with Crippen LogP contribution in [-0.2, 0) is 4.74 Å². The predicted molar refractivity (Wildman–Crippen MR) is 76.0 cm³/mol. The van der Waals surface area contributed by atoms with Crippen LogP contribution in [0.3, 0.4) is 0 Å². The average Bonchev–Trinajstić information content (AvgIpc) is 2.39. The molecule has 1 heterocycles. The number of nitrogens with one attached hydrogen (secondary N) is 2. The highest BCUT2D eigenvalue weighted by molar-refractivity contribution is 5.92. The summed E-state index contributed by atoms with van der Waals surface area (Å²) in [6, 6.07) is 7.64. The Bertz CT molecular complexity index is 666. The fourth-order valence-corrected chi connectivity index (χ4v) is 1.83. The van der Waals surface area contributed by atoms with Crippen LogP contribution in [-0.4, -0.2) is 25.8 Å². The molecule has 2 amide bonds. The number of ether oxygens (including phenoxy) is 1. The van der Waals surface area contributed by atoms with Gasteiger partial charge in [-0.2, -0.15) is 0 Å². The fourth-order valence-electron chi connectivity index (χ4n) is 1.83. The molecule has 1 aromatic heterocycles. The van der Waals surface area contributed by atoms with E-state index in [0.29, 0.717) is 17.9 Å². The van der Waals surface area contributed by atoms with Gasteiger partial charge >= 0.3 is 11.7 Å². The van der Waals surface area contributed by atoms with Crippen molar-refractivity contribution in [3.05, 3.63) is 40.8 Å². The second-order valence-electron chi connectivity index (χ2n) is 4.46. The van der Waals surface area contributed by atoms with Crippen LogP contribution in [0.1, 0.15) is 6.92 Å². The first-order valence-electron chi connectivity index (χ1n) is 6.19. The predicted octanol–water partition coefficient (Wildman–Crippen LogP) is 1.95. The summed E-state index contributed by atoms with van der Waals surface area (Å²) in [6.45, 7) is 2.29. The lowest BCUT2D eigenvalue weighted by Gasteiger charge is -2.13. The molecule has 0 aliphatic heterocycles. The molecule has 6 nitrogen and oxygen atoms in total. The van der Waals surface area contributed by atoms with Gasteiger partial charge in [0, 0.05) is 24.2 Å². The topological polar surface area (TPSA) is 80.6 Å². The van der Waals surface area contributed by atoms with E-state index in [4.69, 9.17) is 9.15 Å². The number of rotatable bonds is 4. The van der Waals surface area contributed by atoms with Crippen molar-refractivity contribution in [2.24, 2.45) is 0 Å². The van der Waals surface area contributed by atoms with Crippen LogP contribution in [0.5, 0.6) is 0 Å². The van der Waals surface area contributed by atoms with Crippen LogP contribution >= 0.6 is 0 Å². The molecular weight excluding hydrogens is 260 g/mol. The molecule has 6 heteroatoms. The summed E-state index contributed by atoms with van der Waals surface area (Å²) < 4.78 is 9.96. The first-order valence-corrected chi connectivity index (χ1v) is 6.19. The van der Waals surface area contributed by atoms with Crippen molar-refractivity contribution in [2.45, 2.75) is 13.0 Å². The van der Waals surface area contributed by atoms with Crippen molar-refractivity contribution in [1.29, 1.82) is 0 Å². The maximum absolute atomic E-state index is 11.7. The van der Waals surface area contributed by atoms with Crippen LogP contribution < -0.4 is 16.3 Å². The Morgan fingerprint density at radius 2 is 2.15 bits per heavy atom. The summed E-state index contributed by atoms with van der Waals surface area (Å²) >= 11 is 0. The van der Waals surface area contributed by atoms with Gasteiger partial charge in [0.2, 0.25) is 0 Å². The molecular formula is C14H16N2O4. The minimum atomic E-state index is -0.399. The number of carbonyl (C=O) groups is 1. The monoisotopic (exact) mass is 276 g/mol. The van der Waals surface area contributed by atoms with Gasteiger partial charge in [-0.25, -0.2) is 9.59 Å². The van der Waals surface area contributed by atoms with Crippen molar-refractivity contribution in [1.82, 2.24) is 5.32 Å². The summed E-state index contributed by atoms with van der Waals surface area (Å²) in [5, 5.41) is 6.19. The Labute approximate surface area is 115 Å². The smallest absolute Gasteiger partial charge is 0.336 e. The molecule has 0 saturated heterocycles. The number of anilines is 1. The SMILES string of the molecule is COC[C@@H](C)NC(=O)Nc1ccc2oc(=O)ccc2c1. The number of hydrogen-bond acceptors (Lipinski definition) is 4. The third-order valence-corrected chi connectivity index (χ3v) is 2.67.